The van der Waals surface area contributed by atoms with Gasteiger partial charge in [-0.05, 0) is 19.3 Å². The molecule has 1 aliphatic rings. The van der Waals surface area contributed by atoms with Crippen molar-refractivity contribution in [1.82, 2.24) is 4.98 Å². The fourth-order valence-corrected chi connectivity index (χ4v) is 1.96. The number of rotatable bonds is 1. The highest BCUT2D eigenvalue weighted by molar-refractivity contribution is 6.42. The molecule has 0 amide bonds. The normalized spacial score (nSPS) is 19.6. The lowest BCUT2D eigenvalue weighted by Crippen LogP contribution is -2.34. The van der Waals surface area contributed by atoms with Gasteiger partial charge in [0.1, 0.15) is 0 Å². The molecule has 1 saturated carbocycles. The fraction of sp³-hybridized carbons (Fsp3) is 0.444. The maximum absolute atomic E-state index is 10.0. The summed E-state index contributed by atoms with van der Waals surface area (Å²) in [5, 5.41) is 10.8. The van der Waals surface area contributed by atoms with E-state index in [1.54, 1.807) is 6.20 Å². The number of aliphatic hydroxyl groups is 1. The molecule has 0 saturated heterocycles. The van der Waals surface area contributed by atoms with Crippen molar-refractivity contribution in [3.05, 3.63) is 28.0 Å². The van der Waals surface area contributed by atoms with E-state index in [4.69, 9.17) is 23.2 Å². The van der Waals surface area contributed by atoms with Gasteiger partial charge in [-0.15, -0.1) is 0 Å². The molecule has 4 heteroatoms. The van der Waals surface area contributed by atoms with E-state index in [0.29, 0.717) is 15.6 Å². The number of hydrogen-bond donors (Lipinski definition) is 1. The molecule has 13 heavy (non-hydrogen) atoms. The van der Waals surface area contributed by atoms with Crippen LogP contribution in [0.5, 0.6) is 0 Å². The van der Waals surface area contributed by atoms with Gasteiger partial charge in [0.2, 0.25) is 0 Å². The fourth-order valence-electron chi connectivity index (χ4n) is 1.52. The zero-order valence-corrected chi connectivity index (χ0v) is 8.44. The van der Waals surface area contributed by atoms with Crippen molar-refractivity contribution >= 4 is 23.2 Å². The minimum Gasteiger partial charge on any atom is -0.385 e. The molecule has 70 valence electrons. The van der Waals surface area contributed by atoms with Crippen molar-refractivity contribution in [3.8, 4) is 0 Å². The van der Waals surface area contributed by atoms with Crippen LogP contribution in [-0.2, 0) is 5.60 Å². The first-order valence-corrected chi connectivity index (χ1v) is 4.91. The van der Waals surface area contributed by atoms with Crippen molar-refractivity contribution in [2.45, 2.75) is 24.9 Å². The Morgan fingerprint density at radius 2 is 2.00 bits per heavy atom. The van der Waals surface area contributed by atoms with Gasteiger partial charge in [-0.3, -0.25) is 4.98 Å². The summed E-state index contributed by atoms with van der Waals surface area (Å²) in [4.78, 5) is 3.92. The second-order valence-electron chi connectivity index (χ2n) is 3.37. The monoisotopic (exact) mass is 217 g/mol. The van der Waals surface area contributed by atoms with E-state index in [2.05, 4.69) is 4.98 Å². The molecule has 1 aromatic rings. The Morgan fingerprint density at radius 3 is 2.54 bits per heavy atom. The Balaban J connectivity index is 2.45. The second kappa shape index (κ2) is 3.12. The highest BCUT2D eigenvalue weighted by Gasteiger charge is 2.38. The van der Waals surface area contributed by atoms with Gasteiger partial charge in [-0.25, -0.2) is 0 Å². The minimum absolute atomic E-state index is 0.402. The maximum Gasteiger partial charge on any atom is 0.0926 e. The average Bonchev–Trinajstić information content (AvgIpc) is 2.06. The topological polar surface area (TPSA) is 33.1 Å². The summed E-state index contributed by atoms with van der Waals surface area (Å²) < 4.78 is 0. The highest BCUT2D eigenvalue weighted by Crippen LogP contribution is 2.44. The molecule has 0 radical (unpaired) electrons. The van der Waals surface area contributed by atoms with Gasteiger partial charge in [-0.1, -0.05) is 23.2 Å². The van der Waals surface area contributed by atoms with E-state index in [0.717, 1.165) is 19.3 Å². The maximum atomic E-state index is 10.0. The molecular formula is C9H9Cl2NO. The summed E-state index contributed by atoms with van der Waals surface area (Å²) in [6, 6.07) is 0. The molecule has 2 nitrogen and oxygen atoms in total. The lowest BCUT2D eigenvalue weighted by atomic mass is 9.76. The van der Waals surface area contributed by atoms with Crippen molar-refractivity contribution in [1.29, 1.82) is 0 Å². The standard InChI is InChI=1S/C9H9Cl2NO/c10-7-5-12-4-6(8(7)11)9(13)2-1-3-9/h4-5,13H,1-3H2. The van der Waals surface area contributed by atoms with Crippen LogP contribution in [0.3, 0.4) is 0 Å². The van der Waals surface area contributed by atoms with Gasteiger partial charge in [0, 0.05) is 18.0 Å². The molecule has 0 bridgehead atoms. The van der Waals surface area contributed by atoms with E-state index >= 15 is 0 Å². The van der Waals surface area contributed by atoms with Gasteiger partial charge >= 0.3 is 0 Å². The van der Waals surface area contributed by atoms with Crippen LogP contribution in [0.25, 0.3) is 0 Å². The Hall–Kier alpha value is -0.310. The molecule has 0 unspecified atom stereocenters. The third-order valence-electron chi connectivity index (χ3n) is 2.52. The molecule has 1 N–H and O–H groups in total. The van der Waals surface area contributed by atoms with Gasteiger partial charge in [-0.2, -0.15) is 0 Å². The molecule has 1 aromatic heterocycles. The summed E-state index contributed by atoms with van der Waals surface area (Å²) >= 11 is 11.8. The van der Waals surface area contributed by atoms with Crippen LogP contribution in [0.4, 0.5) is 0 Å². The Kier molecular flexibility index (Phi) is 2.22. The van der Waals surface area contributed by atoms with E-state index in [1.807, 2.05) is 0 Å². The SMILES string of the molecule is OC1(c2cncc(Cl)c2Cl)CCC1. The molecule has 0 atom stereocenters. The number of nitrogens with zero attached hydrogens (tertiary/aromatic N) is 1. The van der Waals surface area contributed by atoms with Crippen LogP contribution < -0.4 is 0 Å². The summed E-state index contributed by atoms with van der Waals surface area (Å²) in [5.74, 6) is 0. The first kappa shape index (κ1) is 9.25. The second-order valence-corrected chi connectivity index (χ2v) is 4.15. The molecule has 1 aliphatic carbocycles. The quantitative estimate of drug-likeness (QED) is 0.786. The number of halogens is 2. The first-order valence-electron chi connectivity index (χ1n) is 4.15. The Labute approximate surface area is 86.5 Å². The number of pyridine rings is 1. The van der Waals surface area contributed by atoms with Crippen molar-refractivity contribution in [3.63, 3.8) is 0 Å². The van der Waals surface area contributed by atoms with Crippen LogP contribution in [0.2, 0.25) is 10.0 Å². The summed E-state index contributed by atoms with van der Waals surface area (Å²) in [5.41, 5.74) is -0.123. The molecular weight excluding hydrogens is 209 g/mol. The summed E-state index contributed by atoms with van der Waals surface area (Å²) in [6.07, 6.45) is 5.59. The Bertz CT molecular complexity index is 336. The van der Waals surface area contributed by atoms with Gasteiger partial charge < -0.3 is 5.11 Å². The van der Waals surface area contributed by atoms with Crippen LogP contribution in [0.15, 0.2) is 12.4 Å². The predicted molar refractivity (Wildman–Crippen MR) is 52.0 cm³/mol. The van der Waals surface area contributed by atoms with E-state index in [-0.39, 0.29) is 0 Å². The number of hydrogen-bond acceptors (Lipinski definition) is 2. The molecule has 0 aromatic carbocycles. The predicted octanol–water partition coefficient (Wildman–Crippen LogP) is 2.76. The van der Waals surface area contributed by atoms with Crippen molar-refractivity contribution in [2.24, 2.45) is 0 Å². The highest BCUT2D eigenvalue weighted by atomic mass is 35.5. The minimum atomic E-state index is -0.783. The van der Waals surface area contributed by atoms with E-state index < -0.39 is 5.60 Å². The Morgan fingerprint density at radius 1 is 1.31 bits per heavy atom. The third-order valence-corrected chi connectivity index (χ3v) is 3.31. The summed E-state index contributed by atoms with van der Waals surface area (Å²) in [6.45, 7) is 0. The van der Waals surface area contributed by atoms with Gasteiger partial charge in [0.25, 0.3) is 0 Å². The average molecular weight is 218 g/mol. The molecule has 1 heterocycles. The molecule has 2 rings (SSSR count). The zero-order valence-electron chi connectivity index (χ0n) is 6.93. The third kappa shape index (κ3) is 1.43. The first-order chi connectivity index (χ1) is 6.13. The largest absolute Gasteiger partial charge is 0.385 e. The lowest BCUT2D eigenvalue weighted by molar-refractivity contribution is -0.0389. The van der Waals surface area contributed by atoms with E-state index in [1.165, 1.54) is 6.20 Å². The van der Waals surface area contributed by atoms with Crippen LogP contribution in [-0.4, -0.2) is 10.1 Å². The molecule has 1 fully saturated rings. The lowest BCUT2D eigenvalue weighted by Gasteiger charge is -2.37. The van der Waals surface area contributed by atoms with Crippen molar-refractivity contribution < 1.29 is 5.11 Å². The number of aromatic nitrogens is 1. The van der Waals surface area contributed by atoms with Gasteiger partial charge in [0.15, 0.2) is 0 Å². The van der Waals surface area contributed by atoms with Crippen LogP contribution in [0.1, 0.15) is 24.8 Å². The molecule has 0 aliphatic heterocycles. The molecule has 0 spiro atoms. The zero-order chi connectivity index (χ0) is 9.47. The smallest absolute Gasteiger partial charge is 0.0926 e. The summed E-state index contributed by atoms with van der Waals surface area (Å²) in [7, 11) is 0. The van der Waals surface area contributed by atoms with Gasteiger partial charge in [0.05, 0.1) is 15.6 Å². The van der Waals surface area contributed by atoms with Crippen LogP contribution in [0, 0.1) is 0 Å². The van der Waals surface area contributed by atoms with E-state index in [9.17, 15) is 5.11 Å². The van der Waals surface area contributed by atoms with Crippen LogP contribution >= 0.6 is 23.2 Å². The van der Waals surface area contributed by atoms with Crippen molar-refractivity contribution in [2.75, 3.05) is 0 Å².